The first-order valence-electron chi connectivity index (χ1n) is 12.7. The van der Waals surface area contributed by atoms with Gasteiger partial charge in [-0.25, -0.2) is 4.98 Å². The SMILES string of the molecule is FC(F)(F)Oc1cccc(CN(Cc2csc(Nc3cccc4ccccc34)n2)CC2CCCCC2)c1. The Morgan fingerprint density at radius 2 is 1.73 bits per heavy atom. The molecule has 0 atom stereocenters. The summed E-state index contributed by atoms with van der Waals surface area (Å²) in [5.41, 5.74) is 2.76. The predicted octanol–water partition coefficient (Wildman–Crippen LogP) is 8.52. The molecule has 8 heteroatoms. The Bertz CT molecular complexity index is 1310. The lowest BCUT2D eigenvalue weighted by Crippen LogP contribution is -2.30. The molecular weight excluding hydrogens is 495 g/mol. The van der Waals surface area contributed by atoms with Crippen LogP contribution in [0.5, 0.6) is 5.75 Å². The van der Waals surface area contributed by atoms with Gasteiger partial charge in [0.15, 0.2) is 5.13 Å². The number of fused-ring (bicyclic) bond motifs is 1. The summed E-state index contributed by atoms with van der Waals surface area (Å²) < 4.78 is 42.3. The number of benzene rings is 3. The number of halogens is 3. The average Bonchev–Trinajstić information content (AvgIpc) is 3.30. The lowest BCUT2D eigenvalue weighted by molar-refractivity contribution is -0.274. The molecule has 1 heterocycles. The maximum Gasteiger partial charge on any atom is 0.573 e. The molecule has 0 spiro atoms. The number of hydrogen-bond acceptors (Lipinski definition) is 5. The first-order chi connectivity index (χ1) is 17.9. The van der Waals surface area contributed by atoms with E-state index in [4.69, 9.17) is 4.98 Å². The largest absolute Gasteiger partial charge is 0.573 e. The fraction of sp³-hybridized carbons (Fsp3) is 0.345. The highest BCUT2D eigenvalue weighted by atomic mass is 32.1. The average molecular weight is 526 g/mol. The van der Waals surface area contributed by atoms with E-state index in [2.05, 4.69) is 44.6 Å². The van der Waals surface area contributed by atoms with Crippen LogP contribution >= 0.6 is 11.3 Å². The minimum atomic E-state index is -4.70. The van der Waals surface area contributed by atoms with Gasteiger partial charge in [0.05, 0.1) is 5.69 Å². The second-order valence-electron chi connectivity index (χ2n) is 9.66. The van der Waals surface area contributed by atoms with E-state index in [0.29, 0.717) is 19.0 Å². The number of rotatable bonds is 9. The highest BCUT2D eigenvalue weighted by molar-refractivity contribution is 7.13. The third kappa shape index (κ3) is 7.23. The van der Waals surface area contributed by atoms with Crippen molar-refractivity contribution < 1.29 is 17.9 Å². The zero-order chi connectivity index (χ0) is 25.7. The molecule has 1 aliphatic carbocycles. The first-order valence-corrected chi connectivity index (χ1v) is 13.6. The van der Waals surface area contributed by atoms with Crippen molar-refractivity contribution in [1.82, 2.24) is 9.88 Å². The number of nitrogens with zero attached hydrogens (tertiary/aromatic N) is 2. The monoisotopic (exact) mass is 525 g/mol. The highest BCUT2D eigenvalue weighted by Crippen LogP contribution is 2.30. The van der Waals surface area contributed by atoms with E-state index in [1.54, 1.807) is 17.4 Å². The summed E-state index contributed by atoms with van der Waals surface area (Å²) in [6.07, 6.45) is 1.45. The molecule has 3 aromatic carbocycles. The maximum absolute atomic E-state index is 12.7. The molecule has 1 saturated carbocycles. The number of nitrogens with one attached hydrogen (secondary N) is 1. The van der Waals surface area contributed by atoms with Crippen LogP contribution in [0, 0.1) is 5.92 Å². The van der Waals surface area contributed by atoms with Gasteiger partial charge in [0.1, 0.15) is 5.75 Å². The van der Waals surface area contributed by atoms with Crippen LogP contribution in [0.3, 0.4) is 0 Å². The Balaban J connectivity index is 1.31. The van der Waals surface area contributed by atoms with Crippen LogP contribution in [0.1, 0.15) is 43.4 Å². The zero-order valence-corrected chi connectivity index (χ0v) is 21.3. The van der Waals surface area contributed by atoms with Crippen molar-refractivity contribution in [2.75, 3.05) is 11.9 Å². The van der Waals surface area contributed by atoms with Crippen molar-refractivity contribution in [1.29, 1.82) is 0 Å². The van der Waals surface area contributed by atoms with Gasteiger partial charge in [-0.2, -0.15) is 0 Å². The number of ether oxygens (including phenoxy) is 1. The van der Waals surface area contributed by atoms with Gasteiger partial charge in [-0.15, -0.1) is 24.5 Å². The summed E-state index contributed by atoms with van der Waals surface area (Å²) in [7, 11) is 0. The van der Waals surface area contributed by atoms with E-state index < -0.39 is 6.36 Å². The van der Waals surface area contributed by atoms with Gasteiger partial charge in [-0.3, -0.25) is 4.90 Å². The van der Waals surface area contributed by atoms with Crippen LogP contribution < -0.4 is 10.1 Å². The van der Waals surface area contributed by atoms with Crippen LogP contribution in [0.25, 0.3) is 10.8 Å². The fourth-order valence-corrected chi connectivity index (χ4v) is 5.85. The molecule has 0 bridgehead atoms. The van der Waals surface area contributed by atoms with E-state index in [0.717, 1.165) is 34.0 Å². The molecule has 1 fully saturated rings. The molecule has 0 amide bonds. The molecule has 0 radical (unpaired) electrons. The van der Waals surface area contributed by atoms with E-state index >= 15 is 0 Å². The van der Waals surface area contributed by atoms with Crippen LogP contribution in [-0.4, -0.2) is 22.8 Å². The zero-order valence-electron chi connectivity index (χ0n) is 20.5. The second-order valence-corrected chi connectivity index (χ2v) is 10.5. The fourth-order valence-electron chi connectivity index (χ4n) is 5.13. The van der Waals surface area contributed by atoms with Crippen molar-refractivity contribution >= 4 is 32.9 Å². The molecule has 4 aromatic rings. The summed E-state index contributed by atoms with van der Waals surface area (Å²) in [4.78, 5) is 7.15. The minimum Gasteiger partial charge on any atom is -0.406 e. The summed E-state index contributed by atoms with van der Waals surface area (Å²) in [6, 6.07) is 20.7. The van der Waals surface area contributed by atoms with Crippen molar-refractivity contribution in [3.63, 3.8) is 0 Å². The van der Waals surface area contributed by atoms with Gasteiger partial charge < -0.3 is 10.1 Å². The normalized spacial score (nSPS) is 14.8. The molecule has 1 aromatic heterocycles. The Morgan fingerprint density at radius 3 is 2.57 bits per heavy atom. The van der Waals surface area contributed by atoms with Crippen molar-refractivity contribution in [2.24, 2.45) is 5.92 Å². The molecule has 0 unspecified atom stereocenters. The molecule has 194 valence electrons. The van der Waals surface area contributed by atoms with Gasteiger partial charge in [0.25, 0.3) is 0 Å². The van der Waals surface area contributed by atoms with Crippen molar-refractivity contribution in [3.8, 4) is 5.75 Å². The Kier molecular flexibility index (Phi) is 7.96. The molecule has 0 saturated heterocycles. The molecule has 37 heavy (non-hydrogen) atoms. The Hall–Kier alpha value is -3.10. The van der Waals surface area contributed by atoms with E-state index in [-0.39, 0.29) is 5.75 Å². The van der Waals surface area contributed by atoms with Gasteiger partial charge in [0, 0.05) is 36.1 Å². The number of anilines is 2. The third-order valence-electron chi connectivity index (χ3n) is 6.75. The van der Waals surface area contributed by atoms with Gasteiger partial charge in [-0.05, 0) is 47.9 Å². The first kappa shape index (κ1) is 25.5. The Morgan fingerprint density at radius 1 is 0.946 bits per heavy atom. The summed E-state index contributed by atoms with van der Waals surface area (Å²) in [6.45, 7) is 2.07. The molecule has 5 rings (SSSR count). The van der Waals surface area contributed by atoms with E-state index in [1.807, 2.05) is 24.3 Å². The second kappa shape index (κ2) is 11.5. The number of aromatic nitrogens is 1. The summed E-state index contributed by atoms with van der Waals surface area (Å²) in [5, 5.41) is 8.66. The van der Waals surface area contributed by atoms with E-state index in [9.17, 15) is 13.2 Å². The predicted molar refractivity (Wildman–Crippen MR) is 143 cm³/mol. The van der Waals surface area contributed by atoms with Crippen molar-refractivity contribution in [2.45, 2.75) is 51.6 Å². The lowest BCUT2D eigenvalue weighted by Gasteiger charge is -2.29. The van der Waals surface area contributed by atoms with Crippen molar-refractivity contribution in [3.05, 3.63) is 83.4 Å². The number of thiazole rings is 1. The molecule has 1 N–H and O–H groups in total. The van der Waals surface area contributed by atoms with E-state index in [1.165, 1.54) is 49.6 Å². The smallest absolute Gasteiger partial charge is 0.406 e. The number of hydrogen-bond donors (Lipinski definition) is 1. The topological polar surface area (TPSA) is 37.4 Å². The minimum absolute atomic E-state index is 0.183. The standard InChI is InChI=1S/C29H30F3N3OS/c30-29(31,32)36-25-13-6-10-22(16-25)18-35(17-21-8-2-1-3-9-21)19-24-20-37-28(33-24)34-27-15-7-12-23-11-4-5-14-26(23)27/h4-7,10-16,20-21H,1-3,8-9,17-19H2,(H,33,34). The summed E-state index contributed by atoms with van der Waals surface area (Å²) >= 11 is 1.56. The van der Waals surface area contributed by atoms with Crippen LogP contribution in [0.15, 0.2) is 72.1 Å². The number of alkyl halides is 3. The maximum atomic E-state index is 12.7. The quantitative estimate of drug-likeness (QED) is 0.238. The molecule has 1 aliphatic rings. The van der Waals surface area contributed by atoms with Gasteiger partial charge >= 0.3 is 6.36 Å². The molecule has 0 aliphatic heterocycles. The van der Waals surface area contributed by atoms with Crippen LogP contribution in [-0.2, 0) is 13.1 Å². The Labute approximate surface area is 219 Å². The van der Waals surface area contributed by atoms with Gasteiger partial charge in [-0.1, -0.05) is 67.8 Å². The summed E-state index contributed by atoms with van der Waals surface area (Å²) in [5.74, 6) is 0.410. The molecular formula is C29H30F3N3OS. The van der Waals surface area contributed by atoms with Gasteiger partial charge in [0.2, 0.25) is 0 Å². The molecule has 4 nitrogen and oxygen atoms in total. The highest BCUT2D eigenvalue weighted by Gasteiger charge is 2.31. The lowest BCUT2D eigenvalue weighted by atomic mass is 9.89. The third-order valence-corrected chi connectivity index (χ3v) is 7.55. The van der Waals surface area contributed by atoms with Crippen LogP contribution in [0.2, 0.25) is 0 Å². The van der Waals surface area contributed by atoms with Crippen LogP contribution in [0.4, 0.5) is 24.0 Å².